The van der Waals surface area contributed by atoms with Gasteiger partial charge >= 0.3 is 0 Å². The standard InChI is InChI=1S/C19H28N4O/c1-12(2)23(13(3)4)10-9-20-19(24)16-7-8-17-18(11-16)22-15(6)14(5)21-17/h7-8,11-13H,9-10H2,1-6H3,(H,20,24). The molecule has 0 spiro atoms. The minimum atomic E-state index is -0.0654. The van der Waals surface area contributed by atoms with Crippen molar-refractivity contribution in [3.63, 3.8) is 0 Å². The van der Waals surface area contributed by atoms with Crippen LogP contribution in [0, 0.1) is 13.8 Å². The molecule has 1 N–H and O–H groups in total. The molecule has 1 aromatic carbocycles. The van der Waals surface area contributed by atoms with Gasteiger partial charge in [0.25, 0.3) is 5.91 Å². The molecule has 0 aliphatic rings. The second-order valence-electron chi connectivity index (χ2n) is 6.78. The van der Waals surface area contributed by atoms with Crippen LogP contribution in [0.5, 0.6) is 0 Å². The quantitative estimate of drug-likeness (QED) is 0.885. The zero-order valence-electron chi connectivity index (χ0n) is 15.6. The molecule has 0 bridgehead atoms. The van der Waals surface area contributed by atoms with Gasteiger partial charge in [-0.1, -0.05) is 0 Å². The van der Waals surface area contributed by atoms with E-state index < -0.39 is 0 Å². The lowest BCUT2D eigenvalue weighted by Crippen LogP contribution is -2.42. The number of nitrogens with one attached hydrogen (secondary N) is 1. The minimum Gasteiger partial charge on any atom is -0.351 e. The van der Waals surface area contributed by atoms with E-state index in [4.69, 9.17) is 0 Å². The normalized spacial score (nSPS) is 11.7. The van der Waals surface area contributed by atoms with Gasteiger partial charge in [-0.15, -0.1) is 0 Å². The Bertz CT molecular complexity index is 717. The van der Waals surface area contributed by atoms with Crippen molar-refractivity contribution in [2.75, 3.05) is 13.1 Å². The van der Waals surface area contributed by atoms with Crippen LogP contribution in [0.3, 0.4) is 0 Å². The molecule has 5 heteroatoms. The minimum absolute atomic E-state index is 0.0654. The van der Waals surface area contributed by atoms with E-state index in [1.54, 1.807) is 0 Å². The molecule has 0 saturated heterocycles. The Kier molecular flexibility index (Phi) is 5.89. The van der Waals surface area contributed by atoms with Gasteiger partial charge in [0.1, 0.15) is 0 Å². The second kappa shape index (κ2) is 7.71. The van der Waals surface area contributed by atoms with Crippen molar-refractivity contribution in [1.29, 1.82) is 0 Å². The van der Waals surface area contributed by atoms with Gasteiger partial charge in [-0.05, 0) is 59.7 Å². The van der Waals surface area contributed by atoms with Gasteiger partial charge in [0.15, 0.2) is 0 Å². The van der Waals surface area contributed by atoms with Crippen LogP contribution < -0.4 is 5.32 Å². The van der Waals surface area contributed by atoms with E-state index in [-0.39, 0.29) is 5.91 Å². The van der Waals surface area contributed by atoms with Gasteiger partial charge in [0.2, 0.25) is 0 Å². The zero-order valence-corrected chi connectivity index (χ0v) is 15.6. The highest BCUT2D eigenvalue weighted by molar-refractivity contribution is 5.97. The molecule has 1 amide bonds. The van der Waals surface area contributed by atoms with Crippen LogP contribution in [0.25, 0.3) is 11.0 Å². The molecule has 2 aromatic rings. The summed E-state index contributed by atoms with van der Waals surface area (Å²) >= 11 is 0. The summed E-state index contributed by atoms with van der Waals surface area (Å²) < 4.78 is 0. The van der Waals surface area contributed by atoms with Crippen LogP contribution in [0.2, 0.25) is 0 Å². The van der Waals surface area contributed by atoms with Crippen LogP contribution in [0.1, 0.15) is 49.4 Å². The number of benzene rings is 1. The first-order valence-corrected chi connectivity index (χ1v) is 8.58. The first-order chi connectivity index (χ1) is 11.3. The van der Waals surface area contributed by atoms with E-state index in [0.717, 1.165) is 29.0 Å². The maximum Gasteiger partial charge on any atom is 0.251 e. The molecular weight excluding hydrogens is 300 g/mol. The Balaban J connectivity index is 2.05. The average molecular weight is 328 g/mol. The van der Waals surface area contributed by atoms with E-state index in [1.807, 2.05) is 32.0 Å². The second-order valence-corrected chi connectivity index (χ2v) is 6.78. The Labute approximate surface area is 144 Å². The van der Waals surface area contributed by atoms with Crippen molar-refractivity contribution >= 4 is 16.9 Å². The summed E-state index contributed by atoms with van der Waals surface area (Å²) in [5, 5.41) is 3.00. The molecule has 130 valence electrons. The fraction of sp³-hybridized carbons (Fsp3) is 0.526. The third-order valence-corrected chi connectivity index (χ3v) is 4.32. The summed E-state index contributed by atoms with van der Waals surface area (Å²) in [6.45, 7) is 14.0. The summed E-state index contributed by atoms with van der Waals surface area (Å²) in [4.78, 5) is 23.8. The fourth-order valence-corrected chi connectivity index (χ4v) is 2.89. The number of nitrogens with zero attached hydrogens (tertiary/aromatic N) is 3. The van der Waals surface area contributed by atoms with Crippen LogP contribution in [-0.2, 0) is 0 Å². The summed E-state index contributed by atoms with van der Waals surface area (Å²) in [7, 11) is 0. The average Bonchev–Trinajstić information content (AvgIpc) is 2.51. The lowest BCUT2D eigenvalue weighted by atomic mass is 10.1. The number of aromatic nitrogens is 2. The highest BCUT2D eigenvalue weighted by Crippen LogP contribution is 2.14. The van der Waals surface area contributed by atoms with E-state index >= 15 is 0 Å². The summed E-state index contributed by atoms with van der Waals surface area (Å²) in [6.07, 6.45) is 0. The number of rotatable bonds is 6. The molecule has 0 unspecified atom stereocenters. The van der Waals surface area contributed by atoms with E-state index in [9.17, 15) is 4.79 Å². The SMILES string of the molecule is Cc1nc2ccc(C(=O)NCCN(C(C)C)C(C)C)cc2nc1C. The van der Waals surface area contributed by atoms with Crippen molar-refractivity contribution < 1.29 is 4.79 Å². The van der Waals surface area contributed by atoms with Gasteiger partial charge < -0.3 is 5.32 Å². The number of hydrogen-bond acceptors (Lipinski definition) is 4. The Morgan fingerprint density at radius 3 is 2.21 bits per heavy atom. The molecule has 2 rings (SSSR count). The maximum absolute atomic E-state index is 12.4. The highest BCUT2D eigenvalue weighted by Gasteiger charge is 2.14. The number of carbonyl (C=O) groups is 1. The van der Waals surface area contributed by atoms with Crippen molar-refractivity contribution in [2.24, 2.45) is 0 Å². The number of carbonyl (C=O) groups excluding carboxylic acids is 1. The van der Waals surface area contributed by atoms with Gasteiger partial charge in [0, 0.05) is 30.7 Å². The van der Waals surface area contributed by atoms with Gasteiger partial charge in [-0.2, -0.15) is 0 Å². The van der Waals surface area contributed by atoms with E-state index in [1.165, 1.54) is 0 Å². The van der Waals surface area contributed by atoms with Crippen molar-refractivity contribution in [2.45, 2.75) is 53.6 Å². The Morgan fingerprint density at radius 1 is 1.04 bits per heavy atom. The predicted molar refractivity (Wildman–Crippen MR) is 98.3 cm³/mol. The molecule has 1 heterocycles. The molecule has 1 aromatic heterocycles. The summed E-state index contributed by atoms with van der Waals surface area (Å²) in [5.41, 5.74) is 4.02. The Morgan fingerprint density at radius 2 is 1.62 bits per heavy atom. The smallest absolute Gasteiger partial charge is 0.251 e. The van der Waals surface area contributed by atoms with Crippen LogP contribution in [0.15, 0.2) is 18.2 Å². The fourth-order valence-electron chi connectivity index (χ4n) is 2.89. The highest BCUT2D eigenvalue weighted by atomic mass is 16.1. The van der Waals surface area contributed by atoms with E-state index in [0.29, 0.717) is 24.2 Å². The summed E-state index contributed by atoms with van der Waals surface area (Å²) in [6, 6.07) is 6.41. The van der Waals surface area contributed by atoms with Crippen LogP contribution in [0.4, 0.5) is 0 Å². The third kappa shape index (κ3) is 4.29. The molecule has 0 atom stereocenters. The van der Waals surface area contributed by atoms with Gasteiger partial charge in [0.05, 0.1) is 22.4 Å². The van der Waals surface area contributed by atoms with Crippen molar-refractivity contribution in [3.05, 3.63) is 35.2 Å². The third-order valence-electron chi connectivity index (χ3n) is 4.32. The molecule has 0 saturated carbocycles. The zero-order chi connectivity index (χ0) is 17.9. The van der Waals surface area contributed by atoms with E-state index in [2.05, 4.69) is 47.9 Å². The van der Waals surface area contributed by atoms with Gasteiger partial charge in [-0.25, -0.2) is 9.97 Å². The number of amides is 1. The largest absolute Gasteiger partial charge is 0.351 e. The van der Waals surface area contributed by atoms with Gasteiger partial charge in [-0.3, -0.25) is 9.69 Å². The van der Waals surface area contributed by atoms with Crippen molar-refractivity contribution in [3.8, 4) is 0 Å². The molecule has 24 heavy (non-hydrogen) atoms. The number of aryl methyl sites for hydroxylation is 2. The van der Waals surface area contributed by atoms with Crippen LogP contribution in [-0.4, -0.2) is 45.9 Å². The monoisotopic (exact) mass is 328 g/mol. The number of hydrogen-bond donors (Lipinski definition) is 1. The topological polar surface area (TPSA) is 58.1 Å². The molecule has 0 radical (unpaired) electrons. The summed E-state index contributed by atoms with van der Waals surface area (Å²) in [5.74, 6) is -0.0654. The number of fused-ring (bicyclic) bond motifs is 1. The first-order valence-electron chi connectivity index (χ1n) is 8.58. The molecule has 0 aliphatic carbocycles. The van der Waals surface area contributed by atoms with Crippen molar-refractivity contribution in [1.82, 2.24) is 20.2 Å². The Hall–Kier alpha value is -2.01. The molecular formula is C19H28N4O. The lowest BCUT2D eigenvalue weighted by Gasteiger charge is -2.30. The van der Waals surface area contributed by atoms with Crippen LogP contribution >= 0.6 is 0 Å². The maximum atomic E-state index is 12.4. The molecule has 0 aliphatic heterocycles. The first kappa shape index (κ1) is 18.3. The molecule has 0 fully saturated rings. The lowest BCUT2D eigenvalue weighted by molar-refractivity contribution is 0.0939. The predicted octanol–water partition coefficient (Wildman–Crippen LogP) is 3.10. The molecule has 5 nitrogen and oxygen atoms in total.